The van der Waals surface area contributed by atoms with E-state index in [0.717, 1.165) is 48.8 Å². The quantitative estimate of drug-likeness (QED) is 0.635. The lowest BCUT2D eigenvalue weighted by atomic mass is 9.75. The first kappa shape index (κ1) is 21.8. The number of carbonyl (C=O) groups is 2. The fourth-order valence-electron chi connectivity index (χ4n) is 4.79. The summed E-state index contributed by atoms with van der Waals surface area (Å²) in [5.74, 6) is 0.893. The number of carbonyl (C=O) groups excluding carboxylic acids is 2. The van der Waals surface area contributed by atoms with Crippen LogP contribution in [0.3, 0.4) is 0 Å². The first-order valence-corrected chi connectivity index (χ1v) is 11.8. The van der Waals surface area contributed by atoms with Crippen molar-refractivity contribution in [1.82, 2.24) is 20.1 Å². The van der Waals surface area contributed by atoms with Gasteiger partial charge in [0.2, 0.25) is 0 Å². The number of benzene rings is 1. The molecule has 0 bridgehead atoms. The zero-order valence-corrected chi connectivity index (χ0v) is 19.0. The third-order valence-corrected chi connectivity index (χ3v) is 7.43. The second kappa shape index (κ2) is 9.36. The van der Waals surface area contributed by atoms with E-state index in [9.17, 15) is 9.59 Å². The molecule has 3 heterocycles. The summed E-state index contributed by atoms with van der Waals surface area (Å²) >= 11 is 1.68. The van der Waals surface area contributed by atoms with Crippen LogP contribution in [0.4, 0.5) is 4.79 Å². The topological polar surface area (TPSA) is 74.8 Å². The number of thiazole rings is 1. The number of hydrogen-bond acceptors (Lipinski definition) is 6. The van der Waals surface area contributed by atoms with Gasteiger partial charge in [0.05, 0.1) is 13.7 Å². The van der Waals surface area contributed by atoms with Crippen molar-refractivity contribution < 1.29 is 14.3 Å². The SMILES string of the molecule is CC[C@@]1(C2CCN(Cc3nccs3)CC2)NC(=O)N(CCc2ccc(OC)cc2)C1=O. The van der Waals surface area contributed by atoms with Crippen LogP contribution in [-0.4, -0.2) is 59.0 Å². The number of likely N-dealkylation sites (tertiary alicyclic amines) is 1. The number of imide groups is 1. The largest absolute Gasteiger partial charge is 0.497 e. The van der Waals surface area contributed by atoms with Crippen molar-refractivity contribution in [2.24, 2.45) is 5.92 Å². The minimum atomic E-state index is -0.774. The number of aromatic nitrogens is 1. The van der Waals surface area contributed by atoms with Gasteiger partial charge >= 0.3 is 6.03 Å². The lowest BCUT2D eigenvalue weighted by Gasteiger charge is -2.40. The Kier molecular flexibility index (Phi) is 6.57. The fraction of sp³-hybridized carbons (Fsp3) is 0.522. The van der Waals surface area contributed by atoms with Crippen LogP contribution in [0.2, 0.25) is 0 Å². The third kappa shape index (κ3) is 4.45. The molecule has 0 saturated carbocycles. The van der Waals surface area contributed by atoms with Crippen LogP contribution in [0.1, 0.15) is 36.8 Å². The molecule has 2 aliphatic heterocycles. The molecule has 2 aliphatic rings. The maximum Gasteiger partial charge on any atom is 0.325 e. The van der Waals surface area contributed by atoms with Gasteiger partial charge in [0.15, 0.2) is 0 Å². The molecule has 7 nitrogen and oxygen atoms in total. The maximum absolute atomic E-state index is 13.4. The van der Waals surface area contributed by atoms with Crippen LogP contribution < -0.4 is 10.1 Å². The summed E-state index contributed by atoms with van der Waals surface area (Å²) in [5, 5.41) is 6.22. The van der Waals surface area contributed by atoms with Crippen molar-refractivity contribution in [3.8, 4) is 5.75 Å². The van der Waals surface area contributed by atoms with Crippen LogP contribution in [0.15, 0.2) is 35.8 Å². The maximum atomic E-state index is 13.4. The molecule has 1 aromatic heterocycles. The Balaban J connectivity index is 1.37. The lowest BCUT2D eigenvalue weighted by Crippen LogP contribution is -2.55. The monoisotopic (exact) mass is 442 g/mol. The standard InChI is InChI=1S/C23H30N4O3S/c1-3-23(18-9-12-26(13-10-18)16-20-24-11-15-31-20)21(28)27(22(29)25-23)14-8-17-4-6-19(30-2)7-5-17/h4-7,11,15,18H,3,8-10,12-14,16H2,1-2H3,(H,25,29)/t23-/m0/s1. The van der Waals surface area contributed by atoms with Crippen LogP contribution in [0.5, 0.6) is 5.75 Å². The summed E-state index contributed by atoms with van der Waals surface area (Å²) in [4.78, 5) is 34.4. The van der Waals surface area contributed by atoms with Gasteiger partial charge in [-0.2, -0.15) is 0 Å². The van der Waals surface area contributed by atoms with E-state index in [1.54, 1.807) is 18.4 Å². The molecule has 1 N–H and O–H groups in total. The first-order valence-electron chi connectivity index (χ1n) is 10.9. The summed E-state index contributed by atoms with van der Waals surface area (Å²) in [6.07, 6.45) is 4.89. The van der Waals surface area contributed by atoms with Crippen molar-refractivity contribution in [3.05, 3.63) is 46.4 Å². The average molecular weight is 443 g/mol. The van der Waals surface area contributed by atoms with Gasteiger partial charge in [-0.1, -0.05) is 19.1 Å². The second-order valence-electron chi connectivity index (χ2n) is 8.29. The molecule has 0 radical (unpaired) electrons. The number of hydrogen-bond donors (Lipinski definition) is 1. The van der Waals surface area contributed by atoms with Crippen LogP contribution in [0.25, 0.3) is 0 Å². The van der Waals surface area contributed by atoms with Gasteiger partial charge in [-0.05, 0) is 62.4 Å². The van der Waals surface area contributed by atoms with Crippen molar-refractivity contribution in [3.63, 3.8) is 0 Å². The minimum absolute atomic E-state index is 0.0631. The van der Waals surface area contributed by atoms with Gasteiger partial charge in [0, 0.05) is 18.1 Å². The third-order valence-electron chi connectivity index (χ3n) is 6.67. The number of nitrogens with zero attached hydrogens (tertiary/aromatic N) is 3. The van der Waals surface area contributed by atoms with E-state index < -0.39 is 5.54 Å². The number of amides is 3. The summed E-state index contributed by atoms with van der Waals surface area (Å²) < 4.78 is 5.19. The fourth-order valence-corrected chi connectivity index (χ4v) is 5.45. The van der Waals surface area contributed by atoms with Crippen molar-refractivity contribution in [2.45, 2.75) is 44.7 Å². The Bertz CT molecular complexity index is 894. The zero-order chi connectivity index (χ0) is 21.8. The van der Waals surface area contributed by atoms with E-state index >= 15 is 0 Å². The molecule has 1 aromatic carbocycles. The number of nitrogens with one attached hydrogen (secondary N) is 1. The molecule has 0 unspecified atom stereocenters. The Morgan fingerprint density at radius 2 is 1.97 bits per heavy atom. The van der Waals surface area contributed by atoms with E-state index in [2.05, 4.69) is 15.2 Å². The molecule has 166 valence electrons. The Hall–Kier alpha value is -2.45. The molecule has 0 spiro atoms. The molecule has 0 aliphatic carbocycles. The highest BCUT2D eigenvalue weighted by atomic mass is 32.1. The van der Waals surface area contributed by atoms with E-state index in [1.165, 1.54) is 4.90 Å². The molecule has 2 fully saturated rings. The molecule has 3 amide bonds. The van der Waals surface area contributed by atoms with E-state index in [0.29, 0.717) is 19.4 Å². The Morgan fingerprint density at radius 3 is 2.58 bits per heavy atom. The zero-order valence-electron chi connectivity index (χ0n) is 18.2. The molecular weight excluding hydrogens is 412 g/mol. The average Bonchev–Trinajstić information content (AvgIpc) is 3.39. The van der Waals surface area contributed by atoms with Crippen molar-refractivity contribution in [1.29, 1.82) is 0 Å². The highest BCUT2D eigenvalue weighted by Gasteiger charge is 2.54. The predicted octanol–water partition coefficient (Wildman–Crippen LogP) is 3.31. The van der Waals surface area contributed by atoms with E-state index in [-0.39, 0.29) is 17.9 Å². The van der Waals surface area contributed by atoms with Gasteiger partial charge in [-0.3, -0.25) is 14.6 Å². The highest BCUT2D eigenvalue weighted by Crippen LogP contribution is 2.36. The predicted molar refractivity (Wildman–Crippen MR) is 120 cm³/mol. The number of urea groups is 1. The highest BCUT2D eigenvalue weighted by molar-refractivity contribution is 7.09. The van der Waals surface area contributed by atoms with Crippen LogP contribution in [-0.2, 0) is 17.8 Å². The van der Waals surface area contributed by atoms with Crippen LogP contribution >= 0.6 is 11.3 Å². The number of rotatable bonds is 8. The van der Waals surface area contributed by atoms with E-state index in [1.807, 2.05) is 42.8 Å². The molecule has 4 rings (SSSR count). The smallest absolute Gasteiger partial charge is 0.325 e. The molecule has 2 aromatic rings. The summed E-state index contributed by atoms with van der Waals surface area (Å²) in [5.41, 5.74) is 0.301. The van der Waals surface area contributed by atoms with Crippen molar-refractivity contribution >= 4 is 23.3 Å². The van der Waals surface area contributed by atoms with Gasteiger partial charge in [-0.25, -0.2) is 9.78 Å². The van der Waals surface area contributed by atoms with Crippen LogP contribution in [0, 0.1) is 5.92 Å². The molecular formula is C23H30N4O3S. The second-order valence-corrected chi connectivity index (χ2v) is 9.27. The van der Waals surface area contributed by atoms with E-state index in [4.69, 9.17) is 4.74 Å². The number of ether oxygens (including phenoxy) is 1. The summed E-state index contributed by atoms with van der Waals surface area (Å²) in [6.45, 7) is 5.09. The van der Waals surface area contributed by atoms with Crippen molar-refractivity contribution in [2.75, 3.05) is 26.7 Å². The number of piperidine rings is 1. The van der Waals surface area contributed by atoms with Gasteiger partial charge in [-0.15, -0.1) is 11.3 Å². The molecule has 2 saturated heterocycles. The lowest BCUT2D eigenvalue weighted by molar-refractivity contribution is -0.134. The van der Waals surface area contributed by atoms with Gasteiger partial charge < -0.3 is 10.1 Å². The Labute approximate surface area is 187 Å². The summed E-state index contributed by atoms with van der Waals surface area (Å²) in [7, 11) is 1.64. The normalized spacial score (nSPS) is 22.7. The van der Waals surface area contributed by atoms with Gasteiger partial charge in [0.1, 0.15) is 16.3 Å². The summed E-state index contributed by atoms with van der Waals surface area (Å²) in [6, 6.07) is 7.49. The number of methoxy groups -OCH3 is 1. The first-order chi connectivity index (χ1) is 15.1. The molecule has 8 heteroatoms. The van der Waals surface area contributed by atoms with Gasteiger partial charge in [0.25, 0.3) is 5.91 Å². The molecule has 31 heavy (non-hydrogen) atoms. The Morgan fingerprint density at radius 1 is 1.23 bits per heavy atom. The minimum Gasteiger partial charge on any atom is -0.497 e. The molecule has 1 atom stereocenters.